The van der Waals surface area contributed by atoms with Crippen LogP contribution in [0.1, 0.15) is 45.1 Å². The Balaban J connectivity index is 1.77. The van der Waals surface area contributed by atoms with E-state index in [0.717, 1.165) is 6.42 Å². The van der Waals surface area contributed by atoms with Gasteiger partial charge >= 0.3 is 6.09 Å². The lowest BCUT2D eigenvalue weighted by Crippen LogP contribution is -2.46. The molecule has 1 saturated carbocycles. The minimum absolute atomic E-state index is 0.0181. The number of ether oxygens (including phenoxy) is 2. The van der Waals surface area contributed by atoms with Crippen LogP contribution >= 0.6 is 11.6 Å². The maximum Gasteiger partial charge on any atom is 0.410 e. The highest BCUT2D eigenvalue weighted by Crippen LogP contribution is 2.50. The second-order valence-corrected chi connectivity index (χ2v) is 9.11. The summed E-state index contributed by atoms with van der Waals surface area (Å²) in [6, 6.07) is 4.25. The number of Topliss-reactive ketones (excluding diaryl/α,β-unsaturated/α-hetero) is 1. The molecule has 0 aromatic heterocycles. The van der Waals surface area contributed by atoms with Gasteiger partial charge in [0.25, 0.3) is 0 Å². The normalized spacial score (nSPS) is 24.6. The fourth-order valence-electron chi connectivity index (χ4n) is 4.05. The van der Waals surface area contributed by atoms with Gasteiger partial charge in [0.05, 0.1) is 17.7 Å². The number of ketones is 1. The maximum absolute atomic E-state index is 14.5. The van der Waals surface area contributed by atoms with Crippen molar-refractivity contribution in [2.24, 2.45) is 11.8 Å². The Morgan fingerprint density at radius 3 is 2.71 bits per heavy atom. The van der Waals surface area contributed by atoms with Crippen LogP contribution < -0.4 is 0 Å². The summed E-state index contributed by atoms with van der Waals surface area (Å²) in [5.41, 5.74) is -0.267. The van der Waals surface area contributed by atoms with Crippen LogP contribution in [-0.2, 0) is 14.3 Å². The van der Waals surface area contributed by atoms with Gasteiger partial charge in [-0.05, 0) is 50.7 Å². The molecule has 2 fully saturated rings. The van der Waals surface area contributed by atoms with E-state index in [4.69, 9.17) is 21.1 Å². The number of amides is 1. The molecule has 1 saturated heterocycles. The van der Waals surface area contributed by atoms with Crippen molar-refractivity contribution >= 4 is 23.5 Å². The SMILES string of the molecule is COC[C@@H](CC(=O)[C@@H]1[C@H]2C[C@H]2CN1C(=O)OC(C)(C)C)c1cccc(Cl)c1F. The van der Waals surface area contributed by atoms with Crippen LogP contribution in [0.15, 0.2) is 18.2 Å². The van der Waals surface area contributed by atoms with E-state index >= 15 is 0 Å². The van der Waals surface area contributed by atoms with Crippen molar-refractivity contribution in [1.82, 2.24) is 4.90 Å². The van der Waals surface area contributed by atoms with Gasteiger partial charge in [-0.1, -0.05) is 23.7 Å². The van der Waals surface area contributed by atoms with Crippen LogP contribution in [-0.4, -0.2) is 48.7 Å². The van der Waals surface area contributed by atoms with Crippen LogP contribution in [0.2, 0.25) is 5.02 Å². The third-order valence-corrected chi connectivity index (χ3v) is 5.64. The number of halogens is 2. The van der Waals surface area contributed by atoms with E-state index in [1.807, 2.05) is 0 Å². The van der Waals surface area contributed by atoms with Gasteiger partial charge in [-0.2, -0.15) is 0 Å². The molecule has 0 bridgehead atoms. The molecule has 0 unspecified atom stereocenters. The second kappa shape index (κ2) is 7.99. The summed E-state index contributed by atoms with van der Waals surface area (Å²) < 4.78 is 25.2. The van der Waals surface area contributed by atoms with Crippen LogP contribution in [0.4, 0.5) is 9.18 Å². The summed E-state index contributed by atoms with van der Waals surface area (Å²) in [7, 11) is 1.51. The molecule has 1 aliphatic heterocycles. The molecule has 28 heavy (non-hydrogen) atoms. The molecule has 0 spiro atoms. The lowest BCUT2D eigenvalue weighted by Gasteiger charge is -2.30. The van der Waals surface area contributed by atoms with Gasteiger partial charge in [-0.15, -0.1) is 0 Å². The average molecular weight is 412 g/mol. The Kier molecular flexibility index (Phi) is 6.01. The molecule has 4 atom stereocenters. The van der Waals surface area contributed by atoms with Gasteiger partial charge < -0.3 is 9.47 Å². The molecule has 0 radical (unpaired) electrons. The number of hydrogen-bond acceptors (Lipinski definition) is 4. The minimum Gasteiger partial charge on any atom is -0.444 e. The summed E-state index contributed by atoms with van der Waals surface area (Å²) >= 11 is 5.91. The summed E-state index contributed by atoms with van der Waals surface area (Å²) in [6.07, 6.45) is 0.560. The van der Waals surface area contributed by atoms with E-state index in [0.29, 0.717) is 18.0 Å². The molecular weight excluding hydrogens is 385 g/mol. The van der Waals surface area contributed by atoms with Gasteiger partial charge in [0, 0.05) is 26.0 Å². The van der Waals surface area contributed by atoms with Crippen molar-refractivity contribution in [2.75, 3.05) is 20.3 Å². The van der Waals surface area contributed by atoms with Crippen LogP contribution in [0.3, 0.4) is 0 Å². The van der Waals surface area contributed by atoms with E-state index in [1.165, 1.54) is 13.2 Å². The van der Waals surface area contributed by atoms with Gasteiger partial charge in [0.15, 0.2) is 5.78 Å². The quantitative estimate of drug-likeness (QED) is 0.695. The van der Waals surface area contributed by atoms with Crippen LogP contribution in [0.25, 0.3) is 0 Å². The molecule has 154 valence electrons. The summed E-state index contributed by atoms with van der Waals surface area (Å²) in [5.74, 6) is -0.553. The van der Waals surface area contributed by atoms with Gasteiger partial charge in [-0.25, -0.2) is 9.18 Å². The topological polar surface area (TPSA) is 55.8 Å². The monoisotopic (exact) mass is 411 g/mol. The van der Waals surface area contributed by atoms with Crippen LogP contribution in [0, 0.1) is 17.7 Å². The molecule has 1 amide bonds. The van der Waals surface area contributed by atoms with Gasteiger partial charge in [0.2, 0.25) is 0 Å². The van der Waals surface area contributed by atoms with Crippen molar-refractivity contribution in [2.45, 2.75) is 51.2 Å². The zero-order valence-electron chi connectivity index (χ0n) is 16.7. The standard InChI is InChI=1S/C21H27ClFNO4/c1-21(2,3)28-20(26)24-10-12-8-15(12)19(24)17(25)9-13(11-27-4)14-6-5-7-16(22)18(14)23/h5-7,12-13,15,19H,8-11H2,1-4H3/t12-,13+,15-,19-/m0/s1. The number of piperidine rings is 1. The number of methoxy groups -OCH3 is 1. The first-order valence-electron chi connectivity index (χ1n) is 9.57. The smallest absolute Gasteiger partial charge is 0.410 e. The molecule has 5 nitrogen and oxygen atoms in total. The van der Waals surface area contributed by atoms with Crippen molar-refractivity contribution in [1.29, 1.82) is 0 Å². The minimum atomic E-state index is -0.625. The number of nitrogens with zero attached hydrogens (tertiary/aromatic N) is 1. The van der Waals surface area contributed by atoms with E-state index in [9.17, 15) is 14.0 Å². The third kappa shape index (κ3) is 4.49. The Labute approximate surface area is 170 Å². The third-order valence-electron chi connectivity index (χ3n) is 5.34. The predicted octanol–water partition coefficient (Wildman–Crippen LogP) is 4.42. The molecule has 7 heteroatoms. The average Bonchev–Trinajstić information content (AvgIpc) is 3.25. The molecule has 3 rings (SSSR count). The van der Waals surface area contributed by atoms with Gasteiger partial charge in [-0.3, -0.25) is 9.69 Å². The van der Waals surface area contributed by atoms with E-state index in [1.54, 1.807) is 37.8 Å². The lowest BCUT2D eigenvalue weighted by atomic mass is 9.90. The fraction of sp³-hybridized carbons (Fsp3) is 0.619. The number of rotatable bonds is 6. The molecule has 2 aliphatic rings. The van der Waals surface area contributed by atoms with Crippen molar-refractivity contribution in [3.63, 3.8) is 0 Å². The Hall–Kier alpha value is -1.66. The number of benzene rings is 1. The summed E-state index contributed by atoms with van der Waals surface area (Å²) in [6.45, 7) is 6.13. The maximum atomic E-state index is 14.5. The highest BCUT2D eigenvalue weighted by molar-refractivity contribution is 6.30. The molecule has 1 aliphatic carbocycles. The lowest BCUT2D eigenvalue weighted by molar-refractivity contribution is -0.124. The molecule has 1 aromatic rings. The van der Waals surface area contributed by atoms with E-state index in [-0.39, 0.29) is 29.8 Å². The number of carbonyl (C=O) groups excluding carboxylic acids is 2. The Morgan fingerprint density at radius 1 is 1.36 bits per heavy atom. The number of fused-ring (bicyclic) bond motifs is 1. The van der Waals surface area contributed by atoms with E-state index < -0.39 is 29.5 Å². The number of likely N-dealkylation sites (tertiary alicyclic amines) is 1. The highest BCUT2D eigenvalue weighted by atomic mass is 35.5. The zero-order valence-corrected chi connectivity index (χ0v) is 17.5. The summed E-state index contributed by atoms with van der Waals surface area (Å²) in [5, 5.41) is 0.0181. The first kappa shape index (κ1) is 21.1. The first-order valence-corrected chi connectivity index (χ1v) is 9.95. The Morgan fingerprint density at radius 2 is 2.07 bits per heavy atom. The molecule has 1 heterocycles. The van der Waals surface area contributed by atoms with Gasteiger partial charge in [0.1, 0.15) is 11.4 Å². The number of hydrogen-bond donors (Lipinski definition) is 0. The first-order chi connectivity index (χ1) is 13.1. The Bertz CT molecular complexity index is 763. The van der Waals surface area contributed by atoms with Crippen molar-refractivity contribution < 1.29 is 23.5 Å². The predicted molar refractivity (Wildman–Crippen MR) is 104 cm³/mol. The zero-order chi connectivity index (χ0) is 20.6. The largest absolute Gasteiger partial charge is 0.444 e. The fourth-order valence-corrected chi connectivity index (χ4v) is 4.23. The summed E-state index contributed by atoms with van der Waals surface area (Å²) in [4.78, 5) is 27.3. The number of carbonyl (C=O) groups is 2. The van der Waals surface area contributed by atoms with Crippen molar-refractivity contribution in [3.05, 3.63) is 34.6 Å². The van der Waals surface area contributed by atoms with Crippen molar-refractivity contribution in [3.8, 4) is 0 Å². The molecular formula is C21H27ClFNO4. The molecule has 1 aromatic carbocycles. The highest BCUT2D eigenvalue weighted by Gasteiger charge is 2.57. The van der Waals surface area contributed by atoms with E-state index in [2.05, 4.69) is 0 Å². The second-order valence-electron chi connectivity index (χ2n) is 8.70. The van der Waals surface area contributed by atoms with Crippen LogP contribution in [0.5, 0.6) is 0 Å². The molecule has 0 N–H and O–H groups in total.